The number of nitrogens with one attached hydrogen (secondary N) is 1. The van der Waals surface area contributed by atoms with Crippen molar-refractivity contribution in [3.8, 4) is 5.75 Å². The Kier molecular flexibility index (Phi) is 4.06. The van der Waals surface area contributed by atoms with E-state index in [1.165, 1.54) is 24.8 Å². The monoisotopic (exact) mass is 233 g/mol. The largest absolute Gasteiger partial charge is 0.491 e. The molecule has 0 spiro atoms. The molecule has 0 aromatic heterocycles. The number of hydrogen-bond acceptors (Lipinski definition) is 2. The van der Waals surface area contributed by atoms with E-state index in [4.69, 9.17) is 4.74 Å². The number of piperidine rings is 1. The molecule has 17 heavy (non-hydrogen) atoms. The molecule has 94 valence electrons. The maximum atomic E-state index is 5.74. The average Bonchev–Trinajstić information content (AvgIpc) is 2.28. The van der Waals surface area contributed by atoms with Crippen LogP contribution >= 0.6 is 0 Å². The first kappa shape index (κ1) is 12.4. The average molecular weight is 233 g/mol. The third-order valence-corrected chi connectivity index (χ3v) is 3.25. The van der Waals surface area contributed by atoms with Gasteiger partial charge in [0.1, 0.15) is 5.75 Å². The lowest BCUT2D eigenvalue weighted by Gasteiger charge is -2.29. The minimum Gasteiger partial charge on any atom is -0.491 e. The summed E-state index contributed by atoms with van der Waals surface area (Å²) in [5, 5.41) is 3.66. The second-order valence-corrected chi connectivity index (χ2v) is 5.29. The third kappa shape index (κ3) is 3.47. The van der Waals surface area contributed by atoms with Crippen molar-refractivity contribution in [2.75, 3.05) is 0 Å². The summed E-state index contributed by atoms with van der Waals surface area (Å²) in [6.07, 6.45) is 4.07. The molecule has 1 aromatic rings. The van der Waals surface area contributed by atoms with Gasteiger partial charge < -0.3 is 10.1 Å². The maximum absolute atomic E-state index is 5.74. The maximum Gasteiger partial charge on any atom is 0.120 e. The van der Waals surface area contributed by atoms with E-state index in [1.54, 1.807) is 0 Å². The van der Waals surface area contributed by atoms with Crippen LogP contribution in [-0.4, -0.2) is 12.1 Å². The Bertz CT molecular complexity index is 362. The standard InChI is InChI=1S/C15H23NO/c1-11(2)17-14-8-5-7-13(10-14)15-9-4-6-12(3)16-15/h5,7-8,10-12,15-16H,4,6,9H2,1-3H3. The van der Waals surface area contributed by atoms with Gasteiger partial charge in [-0.1, -0.05) is 18.6 Å². The summed E-state index contributed by atoms with van der Waals surface area (Å²) in [5.41, 5.74) is 1.36. The topological polar surface area (TPSA) is 21.3 Å². The van der Waals surface area contributed by atoms with Gasteiger partial charge in [0.25, 0.3) is 0 Å². The van der Waals surface area contributed by atoms with E-state index in [-0.39, 0.29) is 6.10 Å². The zero-order chi connectivity index (χ0) is 12.3. The summed E-state index contributed by atoms with van der Waals surface area (Å²) < 4.78 is 5.74. The normalized spacial score (nSPS) is 24.9. The van der Waals surface area contributed by atoms with E-state index >= 15 is 0 Å². The van der Waals surface area contributed by atoms with E-state index in [0.29, 0.717) is 12.1 Å². The van der Waals surface area contributed by atoms with Crippen LogP contribution in [0.15, 0.2) is 24.3 Å². The van der Waals surface area contributed by atoms with Gasteiger partial charge >= 0.3 is 0 Å². The highest BCUT2D eigenvalue weighted by molar-refractivity contribution is 5.31. The summed E-state index contributed by atoms with van der Waals surface area (Å²) in [6.45, 7) is 6.39. The van der Waals surface area contributed by atoms with Crippen LogP contribution in [0.25, 0.3) is 0 Å². The quantitative estimate of drug-likeness (QED) is 0.860. The SMILES string of the molecule is CC1CCCC(c2cccc(OC(C)C)c2)N1. The van der Waals surface area contributed by atoms with Crippen molar-refractivity contribution >= 4 is 0 Å². The van der Waals surface area contributed by atoms with Gasteiger partial charge in [-0.2, -0.15) is 0 Å². The molecule has 2 rings (SSSR count). The Morgan fingerprint density at radius 2 is 2.12 bits per heavy atom. The Morgan fingerprint density at radius 1 is 1.29 bits per heavy atom. The van der Waals surface area contributed by atoms with Gasteiger partial charge in [0.2, 0.25) is 0 Å². The second-order valence-electron chi connectivity index (χ2n) is 5.29. The van der Waals surface area contributed by atoms with Crippen LogP contribution in [0, 0.1) is 0 Å². The summed E-state index contributed by atoms with van der Waals surface area (Å²) >= 11 is 0. The number of benzene rings is 1. The zero-order valence-corrected chi connectivity index (χ0v) is 11.1. The Labute approximate surface area is 104 Å². The molecule has 1 aliphatic heterocycles. The highest BCUT2D eigenvalue weighted by atomic mass is 16.5. The first-order valence-electron chi connectivity index (χ1n) is 6.68. The number of hydrogen-bond donors (Lipinski definition) is 1. The predicted octanol–water partition coefficient (Wildman–Crippen LogP) is 3.68. The fraction of sp³-hybridized carbons (Fsp3) is 0.600. The van der Waals surface area contributed by atoms with Crippen molar-refractivity contribution in [2.45, 2.75) is 58.2 Å². The van der Waals surface area contributed by atoms with Crippen LogP contribution in [0.5, 0.6) is 5.75 Å². The molecule has 0 aliphatic carbocycles. The lowest BCUT2D eigenvalue weighted by Crippen LogP contribution is -2.34. The van der Waals surface area contributed by atoms with Gasteiger partial charge in [0, 0.05) is 12.1 Å². The first-order chi connectivity index (χ1) is 8.15. The Morgan fingerprint density at radius 3 is 2.82 bits per heavy atom. The molecule has 2 nitrogen and oxygen atoms in total. The smallest absolute Gasteiger partial charge is 0.120 e. The molecule has 0 saturated carbocycles. The van der Waals surface area contributed by atoms with Crippen molar-refractivity contribution in [3.05, 3.63) is 29.8 Å². The molecule has 0 amide bonds. The molecular formula is C15H23NO. The van der Waals surface area contributed by atoms with E-state index in [0.717, 1.165) is 5.75 Å². The lowest BCUT2D eigenvalue weighted by atomic mass is 9.94. The Hall–Kier alpha value is -1.02. The summed E-state index contributed by atoms with van der Waals surface area (Å²) in [6, 6.07) is 9.63. The number of rotatable bonds is 3. The van der Waals surface area contributed by atoms with Crippen LogP contribution in [-0.2, 0) is 0 Å². The molecular weight excluding hydrogens is 210 g/mol. The van der Waals surface area contributed by atoms with Crippen molar-refractivity contribution in [1.82, 2.24) is 5.32 Å². The number of ether oxygens (including phenoxy) is 1. The molecule has 0 bridgehead atoms. The van der Waals surface area contributed by atoms with Crippen LogP contribution in [0.4, 0.5) is 0 Å². The molecule has 1 N–H and O–H groups in total. The summed E-state index contributed by atoms with van der Waals surface area (Å²) in [5.74, 6) is 0.984. The van der Waals surface area contributed by atoms with Crippen molar-refractivity contribution in [2.24, 2.45) is 0 Å². The molecule has 0 radical (unpaired) electrons. The van der Waals surface area contributed by atoms with E-state index in [2.05, 4.69) is 44.3 Å². The van der Waals surface area contributed by atoms with Gasteiger partial charge in [-0.25, -0.2) is 0 Å². The lowest BCUT2D eigenvalue weighted by molar-refractivity contribution is 0.241. The zero-order valence-electron chi connectivity index (χ0n) is 11.1. The van der Waals surface area contributed by atoms with Gasteiger partial charge in [0.05, 0.1) is 6.10 Å². The van der Waals surface area contributed by atoms with Crippen LogP contribution in [0.1, 0.15) is 51.6 Å². The minimum absolute atomic E-state index is 0.239. The second kappa shape index (κ2) is 5.54. The summed E-state index contributed by atoms with van der Waals surface area (Å²) in [4.78, 5) is 0. The van der Waals surface area contributed by atoms with Crippen LogP contribution in [0.2, 0.25) is 0 Å². The van der Waals surface area contributed by atoms with Crippen LogP contribution < -0.4 is 10.1 Å². The fourth-order valence-electron chi connectivity index (χ4n) is 2.48. The van der Waals surface area contributed by atoms with Crippen LogP contribution in [0.3, 0.4) is 0 Å². The molecule has 1 aromatic carbocycles. The van der Waals surface area contributed by atoms with Crippen molar-refractivity contribution in [3.63, 3.8) is 0 Å². The molecule has 2 atom stereocenters. The highest BCUT2D eigenvalue weighted by Gasteiger charge is 2.19. The van der Waals surface area contributed by atoms with Crippen molar-refractivity contribution < 1.29 is 4.74 Å². The molecule has 2 heteroatoms. The predicted molar refractivity (Wildman–Crippen MR) is 71.4 cm³/mol. The van der Waals surface area contributed by atoms with Gasteiger partial charge in [-0.05, 0) is 51.3 Å². The summed E-state index contributed by atoms with van der Waals surface area (Å²) in [7, 11) is 0. The highest BCUT2D eigenvalue weighted by Crippen LogP contribution is 2.27. The minimum atomic E-state index is 0.239. The van der Waals surface area contributed by atoms with Gasteiger partial charge in [-0.15, -0.1) is 0 Å². The van der Waals surface area contributed by atoms with E-state index in [1.807, 2.05) is 6.07 Å². The molecule has 1 aliphatic rings. The molecule has 1 fully saturated rings. The van der Waals surface area contributed by atoms with Gasteiger partial charge in [0.15, 0.2) is 0 Å². The third-order valence-electron chi connectivity index (χ3n) is 3.25. The first-order valence-corrected chi connectivity index (χ1v) is 6.68. The van der Waals surface area contributed by atoms with Crippen molar-refractivity contribution in [1.29, 1.82) is 0 Å². The Balaban J connectivity index is 2.09. The van der Waals surface area contributed by atoms with E-state index in [9.17, 15) is 0 Å². The molecule has 1 heterocycles. The van der Waals surface area contributed by atoms with Gasteiger partial charge in [-0.3, -0.25) is 0 Å². The fourth-order valence-corrected chi connectivity index (χ4v) is 2.48. The molecule has 2 unspecified atom stereocenters. The molecule has 1 saturated heterocycles. The van der Waals surface area contributed by atoms with E-state index < -0.39 is 0 Å².